The topological polar surface area (TPSA) is 3.24 Å². The molecule has 1 aromatic rings. The average molecular weight is 257 g/mol. The first-order valence-corrected chi connectivity index (χ1v) is 6.37. The Hall–Kier alpha value is -1.03. The third-order valence-corrected chi connectivity index (χ3v) is 3.32. The predicted octanol–water partition coefficient (Wildman–Crippen LogP) is 3.94. The molecule has 2 rings (SSSR count). The molecule has 1 aliphatic carbocycles. The minimum absolute atomic E-state index is 0.553. The lowest BCUT2D eigenvalue weighted by Gasteiger charge is -2.20. The Bertz CT molecular complexity index is 396. The highest BCUT2D eigenvalue weighted by Gasteiger charge is 2.30. The number of hydrogen-bond donors (Lipinski definition) is 0. The minimum Gasteiger partial charge on any atom is -0.299 e. The van der Waals surface area contributed by atoms with E-state index in [0.717, 1.165) is 30.6 Å². The number of rotatable bonds is 5. The summed E-state index contributed by atoms with van der Waals surface area (Å²) < 4.78 is 37.8. The molecule has 100 valence electrons. The van der Waals surface area contributed by atoms with Crippen molar-refractivity contribution in [2.45, 2.75) is 32.5 Å². The number of alkyl halides is 3. The van der Waals surface area contributed by atoms with Crippen molar-refractivity contribution in [1.82, 2.24) is 4.90 Å². The first-order chi connectivity index (χ1) is 8.49. The number of nitrogens with zero attached hydrogens (tertiary/aromatic N) is 1. The lowest BCUT2D eigenvalue weighted by Crippen LogP contribution is -2.25. The lowest BCUT2D eigenvalue weighted by atomic mass is 10.1. The van der Waals surface area contributed by atoms with Crippen LogP contribution in [0, 0.1) is 5.92 Å². The van der Waals surface area contributed by atoms with Gasteiger partial charge in [-0.2, -0.15) is 13.2 Å². The van der Waals surface area contributed by atoms with Gasteiger partial charge in [0, 0.05) is 13.1 Å². The average Bonchev–Trinajstić information content (AvgIpc) is 3.11. The third kappa shape index (κ3) is 3.73. The van der Waals surface area contributed by atoms with E-state index in [9.17, 15) is 13.2 Å². The second kappa shape index (κ2) is 5.31. The Balaban J connectivity index is 2.03. The maximum atomic E-state index is 12.6. The van der Waals surface area contributed by atoms with E-state index in [2.05, 4.69) is 11.8 Å². The molecule has 1 nitrogen and oxygen atoms in total. The van der Waals surface area contributed by atoms with Crippen LogP contribution in [0.3, 0.4) is 0 Å². The fraction of sp³-hybridized carbons (Fsp3) is 0.571. The van der Waals surface area contributed by atoms with Crippen LogP contribution in [0.4, 0.5) is 13.2 Å². The molecule has 0 amide bonds. The van der Waals surface area contributed by atoms with Gasteiger partial charge in [0.2, 0.25) is 0 Å². The molecule has 0 spiro atoms. The summed E-state index contributed by atoms with van der Waals surface area (Å²) in [5.41, 5.74) is 0.190. The largest absolute Gasteiger partial charge is 0.416 e. The van der Waals surface area contributed by atoms with Gasteiger partial charge in [-0.15, -0.1) is 0 Å². The van der Waals surface area contributed by atoms with Crippen molar-refractivity contribution in [2.75, 3.05) is 13.1 Å². The second-order valence-electron chi connectivity index (χ2n) is 4.97. The zero-order chi connectivity index (χ0) is 13.2. The Morgan fingerprint density at radius 1 is 1.28 bits per heavy atom. The van der Waals surface area contributed by atoms with Crippen LogP contribution in [0.2, 0.25) is 0 Å². The zero-order valence-corrected chi connectivity index (χ0v) is 10.5. The van der Waals surface area contributed by atoms with E-state index in [1.165, 1.54) is 25.0 Å². The van der Waals surface area contributed by atoms with Gasteiger partial charge in [0.1, 0.15) is 0 Å². The molecule has 0 unspecified atom stereocenters. The predicted molar refractivity (Wildman–Crippen MR) is 65.1 cm³/mol. The van der Waals surface area contributed by atoms with Gasteiger partial charge in [0.25, 0.3) is 0 Å². The van der Waals surface area contributed by atoms with Crippen molar-refractivity contribution in [2.24, 2.45) is 5.92 Å². The van der Waals surface area contributed by atoms with Crippen molar-refractivity contribution >= 4 is 0 Å². The van der Waals surface area contributed by atoms with Gasteiger partial charge >= 0.3 is 6.18 Å². The SMILES string of the molecule is CCN(Cc1cccc(C(F)(F)F)c1)CC1CC1. The molecule has 4 heteroatoms. The van der Waals surface area contributed by atoms with Crippen molar-refractivity contribution in [3.05, 3.63) is 35.4 Å². The van der Waals surface area contributed by atoms with Gasteiger partial charge in [-0.1, -0.05) is 25.1 Å². The van der Waals surface area contributed by atoms with Gasteiger partial charge < -0.3 is 0 Å². The van der Waals surface area contributed by atoms with Crippen LogP contribution < -0.4 is 0 Å². The van der Waals surface area contributed by atoms with E-state index in [0.29, 0.717) is 6.54 Å². The smallest absolute Gasteiger partial charge is 0.299 e. The van der Waals surface area contributed by atoms with Gasteiger partial charge in [0.05, 0.1) is 5.56 Å². The normalized spacial score (nSPS) is 16.3. The lowest BCUT2D eigenvalue weighted by molar-refractivity contribution is -0.137. The molecule has 0 aliphatic heterocycles. The molecule has 1 saturated carbocycles. The van der Waals surface area contributed by atoms with Crippen molar-refractivity contribution in [3.63, 3.8) is 0 Å². The summed E-state index contributed by atoms with van der Waals surface area (Å²) in [4.78, 5) is 2.22. The van der Waals surface area contributed by atoms with Crippen LogP contribution >= 0.6 is 0 Å². The molecular weight excluding hydrogens is 239 g/mol. The third-order valence-electron chi connectivity index (χ3n) is 3.32. The summed E-state index contributed by atoms with van der Waals surface area (Å²) in [6, 6.07) is 5.64. The molecule has 1 aliphatic rings. The Labute approximate surface area is 106 Å². The summed E-state index contributed by atoms with van der Waals surface area (Å²) in [7, 11) is 0. The van der Waals surface area contributed by atoms with E-state index in [-0.39, 0.29) is 0 Å². The van der Waals surface area contributed by atoms with E-state index in [4.69, 9.17) is 0 Å². The quantitative estimate of drug-likeness (QED) is 0.772. The van der Waals surface area contributed by atoms with Crippen LogP contribution in [-0.2, 0) is 12.7 Å². The number of hydrogen-bond acceptors (Lipinski definition) is 1. The van der Waals surface area contributed by atoms with Gasteiger partial charge in [-0.3, -0.25) is 4.90 Å². The molecule has 0 radical (unpaired) electrons. The van der Waals surface area contributed by atoms with E-state index >= 15 is 0 Å². The van der Waals surface area contributed by atoms with Crippen LogP contribution in [0.15, 0.2) is 24.3 Å². The first kappa shape index (κ1) is 13.4. The fourth-order valence-corrected chi connectivity index (χ4v) is 2.08. The molecule has 1 aromatic carbocycles. The monoisotopic (exact) mass is 257 g/mol. The van der Waals surface area contributed by atoms with Crippen molar-refractivity contribution in [3.8, 4) is 0 Å². The van der Waals surface area contributed by atoms with Crippen LogP contribution in [-0.4, -0.2) is 18.0 Å². The Morgan fingerprint density at radius 3 is 2.56 bits per heavy atom. The van der Waals surface area contributed by atoms with Crippen LogP contribution in [0.1, 0.15) is 30.9 Å². The summed E-state index contributed by atoms with van der Waals surface area (Å²) in [6.45, 7) is 4.55. The Kier molecular flexibility index (Phi) is 3.95. The fourth-order valence-electron chi connectivity index (χ4n) is 2.08. The maximum absolute atomic E-state index is 12.6. The highest BCUT2D eigenvalue weighted by Crippen LogP contribution is 2.31. The standard InChI is InChI=1S/C14H18F3N/c1-2-18(9-11-6-7-11)10-12-4-3-5-13(8-12)14(15,16)17/h3-5,8,11H,2,6-7,9-10H2,1H3. The Morgan fingerprint density at radius 2 is 2.00 bits per heavy atom. The summed E-state index contributed by atoms with van der Waals surface area (Å²) in [5.74, 6) is 0.760. The summed E-state index contributed by atoms with van der Waals surface area (Å²) >= 11 is 0. The highest BCUT2D eigenvalue weighted by atomic mass is 19.4. The molecule has 0 heterocycles. The first-order valence-electron chi connectivity index (χ1n) is 6.37. The summed E-state index contributed by atoms with van der Waals surface area (Å²) in [5, 5.41) is 0. The van der Waals surface area contributed by atoms with Gasteiger partial charge in [-0.25, -0.2) is 0 Å². The van der Waals surface area contributed by atoms with E-state index < -0.39 is 11.7 Å². The molecule has 0 saturated heterocycles. The molecule has 0 bridgehead atoms. The van der Waals surface area contributed by atoms with Crippen LogP contribution in [0.5, 0.6) is 0 Å². The molecule has 0 aromatic heterocycles. The minimum atomic E-state index is -4.25. The summed E-state index contributed by atoms with van der Waals surface area (Å²) in [6.07, 6.45) is -1.72. The number of benzene rings is 1. The number of halogens is 3. The molecule has 0 atom stereocenters. The van der Waals surface area contributed by atoms with E-state index in [1.807, 2.05) is 0 Å². The molecular formula is C14H18F3N. The van der Waals surface area contributed by atoms with E-state index in [1.54, 1.807) is 6.07 Å². The second-order valence-corrected chi connectivity index (χ2v) is 4.97. The molecule has 0 N–H and O–H groups in total. The van der Waals surface area contributed by atoms with Gasteiger partial charge in [0.15, 0.2) is 0 Å². The maximum Gasteiger partial charge on any atom is 0.416 e. The molecule has 1 fully saturated rings. The van der Waals surface area contributed by atoms with Crippen LogP contribution in [0.25, 0.3) is 0 Å². The highest BCUT2D eigenvalue weighted by molar-refractivity contribution is 5.25. The van der Waals surface area contributed by atoms with Gasteiger partial charge in [-0.05, 0) is 36.9 Å². The van der Waals surface area contributed by atoms with Crippen molar-refractivity contribution in [1.29, 1.82) is 0 Å². The molecule has 18 heavy (non-hydrogen) atoms. The van der Waals surface area contributed by atoms with Crippen molar-refractivity contribution < 1.29 is 13.2 Å². The zero-order valence-electron chi connectivity index (χ0n) is 10.5.